The number of hydrogen-bond acceptors (Lipinski definition) is 3. The van der Waals surface area contributed by atoms with Crippen LogP contribution in [0.1, 0.15) is 49.1 Å². The van der Waals surface area contributed by atoms with Gasteiger partial charge in [-0.25, -0.2) is 0 Å². The third kappa shape index (κ3) is 3.77. The Morgan fingerprint density at radius 2 is 2.16 bits per heavy atom. The van der Waals surface area contributed by atoms with Crippen molar-refractivity contribution in [1.82, 2.24) is 9.88 Å². The highest BCUT2D eigenvalue weighted by molar-refractivity contribution is 5.29. The van der Waals surface area contributed by atoms with E-state index < -0.39 is 0 Å². The summed E-state index contributed by atoms with van der Waals surface area (Å²) in [5.41, 5.74) is 3.88. The third-order valence-corrected chi connectivity index (χ3v) is 3.79. The number of pyridine rings is 1. The first kappa shape index (κ1) is 14.5. The average molecular weight is 262 g/mol. The lowest BCUT2D eigenvalue weighted by molar-refractivity contribution is 0.193. The van der Waals surface area contributed by atoms with Crippen molar-refractivity contribution in [3.63, 3.8) is 0 Å². The van der Waals surface area contributed by atoms with E-state index >= 15 is 0 Å². The zero-order chi connectivity index (χ0) is 13.8. The second-order valence-electron chi connectivity index (χ2n) is 6.04. The molecule has 3 nitrogen and oxygen atoms in total. The van der Waals surface area contributed by atoms with Crippen LogP contribution >= 0.6 is 0 Å². The van der Waals surface area contributed by atoms with Crippen LogP contribution in [0.2, 0.25) is 0 Å². The highest BCUT2D eigenvalue weighted by atomic mass is 16.5. The van der Waals surface area contributed by atoms with Crippen molar-refractivity contribution in [2.45, 2.75) is 38.5 Å². The van der Waals surface area contributed by atoms with Crippen LogP contribution in [-0.2, 0) is 11.2 Å². The SMILES string of the molecule is CC(C)c1ccc([C@H]2CCOC2)c(CCN(C)C)n1. The van der Waals surface area contributed by atoms with Crippen LogP contribution < -0.4 is 0 Å². The molecule has 0 spiro atoms. The topological polar surface area (TPSA) is 25.4 Å². The van der Waals surface area contributed by atoms with Gasteiger partial charge in [0.1, 0.15) is 0 Å². The highest BCUT2D eigenvalue weighted by Crippen LogP contribution is 2.28. The first-order chi connectivity index (χ1) is 9.08. The van der Waals surface area contributed by atoms with Crippen LogP contribution in [0.25, 0.3) is 0 Å². The Hall–Kier alpha value is -0.930. The molecule has 0 bridgehead atoms. The maximum Gasteiger partial charge on any atom is 0.0536 e. The average Bonchev–Trinajstić information content (AvgIpc) is 2.89. The molecular weight excluding hydrogens is 236 g/mol. The normalized spacial score (nSPS) is 19.6. The summed E-state index contributed by atoms with van der Waals surface area (Å²) in [6.07, 6.45) is 2.16. The van der Waals surface area contributed by atoms with Crippen molar-refractivity contribution >= 4 is 0 Å². The number of hydrogen-bond donors (Lipinski definition) is 0. The molecule has 0 aliphatic carbocycles. The van der Waals surface area contributed by atoms with E-state index in [9.17, 15) is 0 Å². The first-order valence-electron chi connectivity index (χ1n) is 7.30. The van der Waals surface area contributed by atoms with E-state index in [0.29, 0.717) is 11.8 Å². The van der Waals surface area contributed by atoms with E-state index in [1.165, 1.54) is 17.0 Å². The van der Waals surface area contributed by atoms with Gasteiger partial charge in [-0.2, -0.15) is 0 Å². The minimum Gasteiger partial charge on any atom is -0.381 e. The summed E-state index contributed by atoms with van der Waals surface area (Å²) < 4.78 is 5.53. The predicted octanol–water partition coefficient (Wildman–Crippen LogP) is 2.81. The summed E-state index contributed by atoms with van der Waals surface area (Å²) in [5, 5.41) is 0. The van der Waals surface area contributed by atoms with Crippen LogP contribution in [0.5, 0.6) is 0 Å². The number of ether oxygens (including phenoxy) is 1. The van der Waals surface area contributed by atoms with Crippen LogP contribution in [0.4, 0.5) is 0 Å². The molecule has 1 aromatic rings. The van der Waals surface area contributed by atoms with Gasteiger partial charge in [0.2, 0.25) is 0 Å². The van der Waals surface area contributed by atoms with Gasteiger partial charge in [0, 0.05) is 36.9 Å². The molecule has 2 rings (SSSR count). The second kappa shape index (κ2) is 6.49. The molecule has 1 aromatic heterocycles. The molecule has 1 fully saturated rings. The Morgan fingerprint density at radius 1 is 1.37 bits per heavy atom. The minimum absolute atomic E-state index is 0.493. The summed E-state index contributed by atoms with van der Waals surface area (Å²) in [4.78, 5) is 7.13. The third-order valence-electron chi connectivity index (χ3n) is 3.79. The van der Waals surface area contributed by atoms with Gasteiger partial charge in [-0.3, -0.25) is 4.98 Å². The molecule has 3 heteroatoms. The molecule has 0 N–H and O–H groups in total. The Kier molecular flexibility index (Phi) is 4.94. The van der Waals surface area contributed by atoms with E-state index in [-0.39, 0.29) is 0 Å². The largest absolute Gasteiger partial charge is 0.381 e. The van der Waals surface area contributed by atoms with Crippen molar-refractivity contribution in [1.29, 1.82) is 0 Å². The van der Waals surface area contributed by atoms with E-state index in [1.807, 2.05) is 0 Å². The number of rotatable bonds is 5. The summed E-state index contributed by atoms with van der Waals surface area (Å²) in [6.45, 7) is 7.21. The molecule has 1 saturated heterocycles. The van der Waals surface area contributed by atoms with Gasteiger partial charge in [-0.15, -0.1) is 0 Å². The summed E-state index contributed by atoms with van der Waals surface area (Å²) in [6, 6.07) is 4.48. The molecule has 106 valence electrons. The molecular formula is C16H26N2O. The molecule has 0 radical (unpaired) electrons. The van der Waals surface area contributed by atoms with Gasteiger partial charge in [-0.1, -0.05) is 19.9 Å². The van der Waals surface area contributed by atoms with Crippen LogP contribution in [0.15, 0.2) is 12.1 Å². The first-order valence-corrected chi connectivity index (χ1v) is 7.30. The Bertz CT molecular complexity index is 409. The van der Waals surface area contributed by atoms with Crippen molar-refractivity contribution in [3.8, 4) is 0 Å². The fourth-order valence-corrected chi connectivity index (χ4v) is 2.53. The van der Waals surface area contributed by atoms with Gasteiger partial charge in [0.15, 0.2) is 0 Å². The van der Waals surface area contributed by atoms with E-state index in [1.54, 1.807) is 0 Å². The standard InChI is InChI=1S/C16H26N2O/c1-12(2)15-6-5-14(13-8-10-19-11-13)16(17-15)7-9-18(3)4/h5-6,12-13H,7-11H2,1-4H3/t13-/m0/s1. The Morgan fingerprint density at radius 3 is 2.74 bits per heavy atom. The lowest BCUT2D eigenvalue weighted by Crippen LogP contribution is -2.18. The second-order valence-corrected chi connectivity index (χ2v) is 6.04. The van der Waals surface area contributed by atoms with E-state index in [0.717, 1.165) is 32.6 Å². The van der Waals surface area contributed by atoms with E-state index in [2.05, 4.69) is 45.0 Å². The summed E-state index contributed by atoms with van der Waals surface area (Å²) in [7, 11) is 4.23. The number of aromatic nitrogens is 1. The van der Waals surface area contributed by atoms with Crippen LogP contribution in [-0.4, -0.2) is 43.7 Å². The maximum absolute atomic E-state index is 5.53. The molecule has 2 heterocycles. The van der Waals surface area contributed by atoms with Crippen molar-refractivity contribution in [3.05, 3.63) is 29.1 Å². The fraction of sp³-hybridized carbons (Fsp3) is 0.688. The molecule has 0 saturated carbocycles. The lowest BCUT2D eigenvalue weighted by Gasteiger charge is -2.17. The molecule has 1 atom stereocenters. The minimum atomic E-state index is 0.493. The van der Waals surface area contributed by atoms with Crippen molar-refractivity contribution in [2.24, 2.45) is 0 Å². The van der Waals surface area contributed by atoms with Gasteiger partial charge in [0.05, 0.1) is 6.61 Å². The fourth-order valence-electron chi connectivity index (χ4n) is 2.53. The Balaban J connectivity index is 2.24. The lowest BCUT2D eigenvalue weighted by atomic mass is 9.94. The maximum atomic E-state index is 5.53. The summed E-state index contributed by atoms with van der Waals surface area (Å²) in [5.74, 6) is 1.04. The van der Waals surface area contributed by atoms with Gasteiger partial charge in [-0.05, 0) is 38.1 Å². The molecule has 1 aliphatic heterocycles. The zero-order valence-corrected chi connectivity index (χ0v) is 12.6. The smallest absolute Gasteiger partial charge is 0.0536 e. The number of likely N-dealkylation sites (N-methyl/N-ethyl adjacent to an activating group) is 1. The quantitative estimate of drug-likeness (QED) is 0.816. The van der Waals surface area contributed by atoms with Gasteiger partial charge >= 0.3 is 0 Å². The number of nitrogens with zero attached hydrogens (tertiary/aromatic N) is 2. The molecule has 19 heavy (non-hydrogen) atoms. The van der Waals surface area contributed by atoms with Crippen LogP contribution in [0, 0.1) is 0 Å². The Labute approximate surface area is 117 Å². The van der Waals surface area contributed by atoms with Crippen molar-refractivity contribution in [2.75, 3.05) is 33.9 Å². The molecule has 1 aliphatic rings. The van der Waals surface area contributed by atoms with Gasteiger partial charge in [0.25, 0.3) is 0 Å². The van der Waals surface area contributed by atoms with Gasteiger partial charge < -0.3 is 9.64 Å². The molecule has 0 unspecified atom stereocenters. The molecule has 0 amide bonds. The van der Waals surface area contributed by atoms with Crippen molar-refractivity contribution < 1.29 is 4.74 Å². The monoisotopic (exact) mass is 262 g/mol. The van der Waals surface area contributed by atoms with Crippen LogP contribution in [0.3, 0.4) is 0 Å². The summed E-state index contributed by atoms with van der Waals surface area (Å²) >= 11 is 0. The zero-order valence-electron chi connectivity index (χ0n) is 12.6. The molecule has 0 aromatic carbocycles. The van der Waals surface area contributed by atoms with E-state index in [4.69, 9.17) is 9.72 Å². The predicted molar refractivity (Wildman–Crippen MR) is 78.8 cm³/mol. The highest BCUT2D eigenvalue weighted by Gasteiger charge is 2.21.